The average Bonchev–Trinajstić information content (AvgIpc) is 1.36. The molecule has 0 bridgehead atoms. The lowest BCUT2D eigenvalue weighted by Crippen LogP contribution is -2.19. The van der Waals surface area contributed by atoms with Crippen molar-refractivity contribution < 1.29 is 0 Å². The second-order valence-electron chi connectivity index (χ2n) is 0.618. The Morgan fingerprint density at radius 3 is 1.83 bits per heavy atom. The van der Waals surface area contributed by atoms with E-state index in [2.05, 4.69) is 5.73 Å². The number of rotatable bonds is 0. The minimum absolute atomic E-state index is 0.377. The summed E-state index contributed by atoms with van der Waals surface area (Å²) in [5, 5.41) is 6.39. The highest BCUT2D eigenvalue weighted by molar-refractivity contribution is 6.41. The van der Waals surface area contributed by atoms with Gasteiger partial charge in [-0.2, -0.15) is 3.94 Å². The van der Waals surface area contributed by atoms with E-state index in [-0.39, 0.29) is 5.96 Å². The van der Waals surface area contributed by atoms with Crippen LogP contribution >= 0.6 is 23.6 Å². The maximum Gasteiger partial charge on any atom is 0.219 e. The Morgan fingerprint density at radius 2 is 1.83 bits per heavy atom. The van der Waals surface area contributed by atoms with Crippen molar-refractivity contribution in [3.63, 3.8) is 0 Å². The van der Waals surface area contributed by atoms with Crippen molar-refractivity contribution in [3.05, 3.63) is 0 Å². The monoisotopic (exact) mass is 127 g/mol. The fourth-order valence-corrected chi connectivity index (χ4v) is 0. The van der Waals surface area contributed by atoms with Gasteiger partial charge in [-0.15, -0.1) is 0 Å². The molecule has 3 N–H and O–H groups in total. The van der Waals surface area contributed by atoms with Gasteiger partial charge < -0.3 is 5.73 Å². The maximum absolute atomic E-state index is 6.39. The van der Waals surface area contributed by atoms with Crippen LogP contribution in [0.15, 0.2) is 0 Å². The number of nitrogens with one attached hydrogen (secondary N) is 1. The normalized spacial score (nSPS) is 7.67. The Morgan fingerprint density at radius 1 is 1.67 bits per heavy atom. The van der Waals surface area contributed by atoms with Gasteiger partial charge in [0, 0.05) is 23.6 Å². The molecule has 0 fully saturated rings. The molecule has 0 radical (unpaired) electrons. The molecule has 0 unspecified atom stereocenters. The Hall–Kier alpha value is -0.150. The van der Waals surface area contributed by atoms with Crippen molar-refractivity contribution in [1.82, 2.24) is 3.94 Å². The quantitative estimate of drug-likeness (QED) is 0.283. The fraction of sp³-hybridized carbons (Fsp3) is 0. The standard InChI is InChI=1S/CH3Cl2N3/c2-6(3)1(4)5/h(H3,4,5). The molecular formula is CH3Cl2N3. The van der Waals surface area contributed by atoms with Crippen molar-refractivity contribution >= 4 is 29.5 Å². The lowest BCUT2D eigenvalue weighted by Gasteiger charge is -1.96. The summed E-state index contributed by atoms with van der Waals surface area (Å²) in [6, 6.07) is 0. The number of guanidine groups is 1. The van der Waals surface area contributed by atoms with Gasteiger partial charge in [-0.25, -0.2) is 0 Å². The van der Waals surface area contributed by atoms with Crippen LogP contribution in [-0.4, -0.2) is 9.90 Å². The average molecular weight is 128 g/mol. The Labute approximate surface area is 45.4 Å². The summed E-state index contributed by atoms with van der Waals surface area (Å²) in [7, 11) is 0. The van der Waals surface area contributed by atoms with E-state index in [0.29, 0.717) is 3.94 Å². The molecule has 0 aliphatic rings. The number of nitrogens with two attached hydrogens (primary N) is 1. The van der Waals surface area contributed by atoms with Crippen molar-refractivity contribution in [2.75, 3.05) is 0 Å². The molecule has 0 amide bonds. The highest BCUT2D eigenvalue weighted by Crippen LogP contribution is 1.93. The van der Waals surface area contributed by atoms with Crippen LogP contribution in [0, 0.1) is 5.41 Å². The molecule has 0 spiro atoms. The van der Waals surface area contributed by atoms with Gasteiger partial charge in [0.25, 0.3) is 0 Å². The van der Waals surface area contributed by atoms with Crippen LogP contribution in [0.4, 0.5) is 0 Å². The zero-order valence-electron chi connectivity index (χ0n) is 2.78. The maximum atomic E-state index is 6.39. The minimum Gasteiger partial charge on any atom is -0.368 e. The molecule has 0 atom stereocenters. The lowest BCUT2D eigenvalue weighted by molar-refractivity contribution is 1.02. The number of halogens is 2. The van der Waals surface area contributed by atoms with Gasteiger partial charge in [0.15, 0.2) is 0 Å². The first-order valence-corrected chi connectivity index (χ1v) is 1.78. The van der Waals surface area contributed by atoms with Gasteiger partial charge in [0.05, 0.1) is 0 Å². The molecule has 36 valence electrons. The second-order valence-corrected chi connectivity index (χ2v) is 1.47. The van der Waals surface area contributed by atoms with E-state index in [1.165, 1.54) is 0 Å². The summed E-state index contributed by atoms with van der Waals surface area (Å²) < 4.78 is 0.472. The van der Waals surface area contributed by atoms with Gasteiger partial charge in [-0.1, -0.05) is 0 Å². The highest BCUT2D eigenvalue weighted by Gasteiger charge is 1.90. The molecule has 3 nitrogen and oxygen atoms in total. The molecule has 6 heavy (non-hydrogen) atoms. The lowest BCUT2D eigenvalue weighted by atomic mass is 11.1. The number of hydrogen-bond acceptors (Lipinski definition) is 1. The summed E-state index contributed by atoms with van der Waals surface area (Å²) in [6.45, 7) is 0. The molecular weight excluding hydrogens is 125 g/mol. The highest BCUT2D eigenvalue weighted by atomic mass is 35.5. The van der Waals surface area contributed by atoms with E-state index in [4.69, 9.17) is 29.0 Å². The van der Waals surface area contributed by atoms with Crippen LogP contribution in [0.25, 0.3) is 0 Å². The summed E-state index contributed by atoms with van der Waals surface area (Å²) in [6.07, 6.45) is 0. The zero-order chi connectivity index (χ0) is 5.15. The van der Waals surface area contributed by atoms with E-state index < -0.39 is 0 Å². The molecule has 0 aliphatic carbocycles. The topological polar surface area (TPSA) is 53.1 Å². The van der Waals surface area contributed by atoms with E-state index in [0.717, 1.165) is 0 Å². The van der Waals surface area contributed by atoms with Gasteiger partial charge >= 0.3 is 0 Å². The van der Waals surface area contributed by atoms with Crippen molar-refractivity contribution in [2.24, 2.45) is 5.73 Å². The third-order valence-corrected chi connectivity index (χ3v) is 0.546. The Kier molecular flexibility index (Phi) is 2.05. The third kappa shape index (κ3) is 2.11. The predicted molar refractivity (Wildman–Crippen MR) is 25.5 cm³/mol. The summed E-state index contributed by atoms with van der Waals surface area (Å²) >= 11 is 9.72. The smallest absolute Gasteiger partial charge is 0.219 e. The van der Waals surface area contributed by atoms with Crippen LogP contribution in [0.1, 0.15) is 0 Å². The van der Waals surface area contributed by atoms with Crippen molar-refractivity contribution in [3.8, 4) is 0 Å². The first-order valence-electron chi connectivity index (χ1n) is 1.10. The zero-order valence-corrected chi connectivity index (χ0v) is 4.29. The van der Waals surface area contributed by atoms with Gasteiger partial charge in [0.1, 0.15) is 0 Å². The molecule has 0 saturated heterocycles. The largest absolute Gasteiger partial charge is 0.368 e. The van der Waals surface area contributed by atoms with Gasteiger partial charge in [0.2, 0.25) is 5.96 Å². The molecule has 0 aromatic carbocycles. The van der Waals surface area contributed by atoms with E-state index in [1.54, 1.807) is 0 Å². The predicted octanol–water partition coefficient (Wildman–Crippen LogP) is 0.489. The number of nitrogens with zero attached hydrogens (tertiary/aromatic N) is 1. The van der Waals surface area contributed by atoms with Crippen LogP contribution < -0.4 is 5.73 Å². The van der Waals surface area contributed by atoms with Crippen LogP contribution in [-0.2, 0) is 0 Å². The Bertz CT molecular complexity index is 59.8. The molecule has 5 heteroatoms. The molecule has 0 aliphatic heterocycles. The first kappa shape index (κ1) is 5.85. The second kappa shape index (κ2) is 2.10. The molecule has 0 rings (SSSR count). The summed E-state index contributed by atoms with van der Waals surface area (Å²) in [5.41, 5.74) is 4.68. The van der Waals surface area contributed by atoms with Gasteiger partial charge in [-0.05, 0) is 0 Å². The third-order valence-electron chi connectivity index (χ3n) is 0.182. The van der Waals surface area contributed by atoms with Crippen LogP contribution in [0.3, 0.4) is 0 Å². The molecule has 0 aromatic heterocycles. The minimum atomic E-state index is -0.377. The number of hydrogen-bond donors (Lipinski definition) is 2. The van der Waals surface area contributed by atoms with E-state index in [9.17, 15) is 0 Å². The summed E-state index contributed by atoms with van der Waals surface area (Å²) in [4.78, 5) is 0. The van der Waals surface area contributed by atoms with E-state index >= 15 is 0 Å². The van der Waals surface area contributed by atoms with Crippen molar-refractivity contribution in [1.29, 1.82) is 5.41 Å². The van der Waals surface area contributed by atoms with Crippen LogP contribution in [0.2, 0.25) is 0 Å². The SMILES string of the molecule is N=C(N)N(Cl)Cl. The molecule has 0 heterocycles. The summed E-state index contributed by atoms with van der Waals surface area (Å²) in [5.74, 6) is -0.377. The molecule has 0 aromatic rings. The fourth-order valence-electron chi connectivity index (χ4n) is 0. The van der Waals surface area contributed by atoms with Crippen molar-refractivity contribution in [2.45, 2.75) is 0 Å². The first-order chi connectivity index (χ1) is 2.64. The van der Waals surface area contributed by atoms with E-state index in [1.807, 2.05) is 0 Å². The van der Waals surface area contributed by atoms with Gasteiger partial charge in [-0.3, -0.25) is 5.41 Å². The van der Waals surface area contributed by atoms with Crippen LogP contribution in [0.5, 0.6) is 0 Å². The Balaban J connectivity index is 3.26. The molecule has 0 saturated carbocycles.